The third kappa shape index (κ3) is 5.34. The summed E-state index contributed by atoms with van der Waals surface area (Å²) in [4.78, 5) is 30.7. The zero-order valence-electron chi connectivity index (χ0n) is 16.9. The lowest BCUT2D eigenvalue weighted by Gasteiger charge is -2.16. The van der Waals surface area contributed by atoms with Crippen molar-refractivity contribution in [1.29, 1.82) is 0 Å². The molecule has 29 heavy (non-hydrogen) atoms. The van der Waals surface area contributed by atoms with Gasteiger partial charge in [0.15, 0.2) is 5.82 Å². The zero-order chi connectivity index (χ0) is 20.8. The van der Waals surface area contributed by atoms with Crippen molar-refractivity contribution < 1.29 is 9.53 Å². The molecule has 2 N–H and O–H groups in total. The van der Waals surface area contributed by atoms with Gasteiger partial charge in [0.2, 0.25) is 0 Å². The van der Waals surface area contributed by atoms with Crippen molar-refractivity contribution in [2.24, 2.45) is 0 Å². The number of hydrogen-bond donors (Lipinski definition) is 1. The van der Waals surface area contributed by atoms with E-state index in [4.69, 9.17) is 10.5 Å². The highest BCUT2D eigenvalue weighted by atomic mass is 16.5. The van der Waals surface area contributed by atoms with Gasteiger partial charge >= 0.3 is 5.97 Å². The summed E-state index contributed by atoms with van der Waals surface area (Å²) in [6.07, 6.45) is 1.09. The number of nitrogen functional groups attached to an aromatic ring is 1. The number of aryl methyl sites for hydroxylation is 3. The van der Waals surface area contributed by atoms with Crippen LogP contribution in [0.1, 0.15) is 42.0 Å². The Bertz CT molecular complexity index is 1010. The monoisotopic (exact) mass is 391 g/mol. The van der Waals surface area contributed by atoms with E-state index < -0.39 is 5.92 Å². The molecule has 0 aliphatic rings. The first-order valence-corrected chi connectivity index (χ1v) is 9.64. The Morgan fingerprint density at radius 2 is 1.83 bits per heavy atom. The average Bonchev–Trinajstić information content (AvgIpc) is 2.68. The second-order valence-corrected chi connectivity index (χ2v) is 6.82. The third-order valence-electron chi connectivity index (χ3n) is 4.44. The lowest BCUT2D eigenvalue weighted by molar-refractivity contribution is -0.145. The minimum atomic E-state index is -0.525. The summed E-state index contributed by atoms with van der Waals surface area (Å²) in [6, 6.07) is 13.0. The van der Waals surface area contributed by atoms with Crippen molar-refractivity contribution >= 4 is 11.8 Å². The molecule has 3 heterocycles. The van der Waals surface area contributed by atoms with Crippen LogP contribution in [0.4, 0.5) is 5.82 Å². The summed E-state index contributed by atoms with van der Waals surface area (Å²) in [5.74, 6) is 0.127. The first-order valence-electron chi connectivity index (χ1n) is 9.64. The maximum Gasteiger partial charge on any atom is 0.315 e. The molecule has 0 amide bonds. The Morgan fingerprint density at radius 1 is 1.03 bits per heavy atom. The van der Waals surface area contributed by atoms with Gasteiger partial charge in [0.25, 0.3) is 0 Å². The summed E-state index contributed by atoms with van der Waals surface area (Å²) in [7, 11) is 0. The van der Waals surface area contributed by atoms with Gasteiger partial charge in [-0.05, 0) is 63.9 Å². The molecule has 3 aromatic rings. The van der Waals surface area contributed by atoms with Crippen LogP contribution in [0, 0.1) is 13.8 Å². The van der Waals surface area contributed by atoms with Crippen LogP contribution in [0.15, 0.2) is 42.5 Å². The summed E-state index contributed by atoms with van der Waals surface area (Å²) in [6.45, 7) is 5.90. The van der Waals surface area contributed by atoms with E-state index in [0.717, 1.165) is 17.1 Å². The van der Waals surface area contributed by atoms with E-state index in [2.05, 4.69) is 19.9 Å². The highest BCUT2D eigenvalue weighted by Crippen LogP contribution is 2.25. The summed E-state index contributed by atoms with van der Waals surface area (Å²) in [5.41, 5.74) is 9.54. The number of anilines is 1. The molecule has 0 saturated carbocycles. The van der Waals surface area contributed by atoms with E-state index in [1.165, 1.54) is 0 Å². The van der Waals surface area contributed by atoms with E-state index in [0.29, 0.717) is 42.5 Å². The molecule has 3 aromatic heterocycles. The lowest BCUT2D eigenvalue weighted by atomic mass is 9.97. The normalized spacial score (nSPS) is 11.8. The third-order valence-corrected chi connectivity index (χ3v) is 4.44. The Hall–Kier alpha value is -3.35. The summed E-state index contributed by atoms with van der Waals surface area (Å²) >= 11 is 0. The van der Waals surface area contributed by atoms with Crippen LogP contribution in [0.3, 0.4) is 0 Å². The van der Waals surface area contributed by atoms with Gasteiger partial charge in [-0.25, -0.2) is 19.9 Å². The van der Waals surface area contributed by atoms with Crippen LogP contribution in [0.2, 0.25) is 0 Å². The second kappa shape index (κ2) is 9.23. The number of esters is 1. The molecule has 0 saturated heterocycles. The van der Waals surface area contributed by atoms with Crippen LogP contribution in [-0.2, 0) is 16.0 Å². The minimum absolute atomic E-state index is 0.308. The van der Waals surface area contributed by atoms with Gasteiger partial charge in [-0.15, -0.1) is 0 Å². The van der Waals surface area contributed by atoms with Crippen LogP contribution in [0.25, 0.3) is 11.5 Å². The van der Waals surface area contributed by atoms with Crippen molar-refractivity contribution in [3.63, 3.8) is 0 Å². The number of ether oxygens (including phenoxy) is 1. The molecule has 0 fully saturated rings. The molecule has 150 valence electrons. The average molecular weight is 391 g/mol. The summed E-state index contributed by atoms with van der Waals surface area (Å²) < 4.78 is 5.32. The maximum atomic E-state index is 12.7. The van der Waals surface area contributed by atoms with Crippen LogP contribution >= 0.6 is 0 Å². The molecule has 3 rings (SSSR count). The minimum Gasteiger partial charge on any atom is -0.465 e. The fourth-order valence-corrected chi connectivity index (χ4v) is 3.11. The molecule has 7 nitrogen and oxygen atoms in total. The topological polar surface area (TPSA) is 104 Å². The highest BCUT2D eigenvalue weighted by Gasteiger charge is 2.25. The van der Waals surface area contributed by atoms with Crippen molar-refractivity contribution in [3.8, 4) is 11.5 Å². The van der Waals surface area contributed by atoms with Gasteiger partial charge in [-0.1, -0.05) is 12.1 Å². The predicted octanol–water partition coefficient (Wildman–Crippen LogP) is 3.41. The Labute approximate surface area is 170 Å². The first kappa shape index (κ1) is 20.4. The Balaban J connectivity index is 1.93. The van der Waals surface area contributed by atoms with E-state index in [9.17, 15) is 4.79 Å². The van der Waals surface area contributed by atoms with Gasteiger partial charge in [-0.2, -0.15) is 0 Å². The van der Waals surface area contributed by atoms with Crippen molar-refractivity contribution in [2.45, 2.75) is 39.5 Å². The molecular weight excluding hydrogens is 366 g/mol. The number of aromatic nitrogens is 4. The first-order chi connectivity index (χ1) is 14.0. The van der Waals surface area contributed by atoms with Crippen LogP contribution in [0.5, 0.6) is 0 Å². The van der Waals surface area contributed by atoms with Gasteiger partial charge in [0, 0.05) is 17.1 Å². The Morgan fingerprint density at radius 3 is 2.55 bits per heavy atom. The number of carbonyl (C=O) groups excluding carboxylic acids is 1. The molecule has 1 atom stereocenters. The van der Waals surface area contributed by atoms with E-state index in [1.54, 1.807) is 13.0 Å². The smallest absolute Gasteiger partial charge is 0.315 e. The predicted molar refractivity (Wildman–Crippen MR) is 111 cm³/mol. The standard InChI is InChI=1S/C22H25N5O2/c1-4-29-22(28)17(12-11-16-8-6-10-20(23)26-16)19-13-15(3)25-21(27-19)18-9-5-7-14(2)24-18/h5-10,13,17H,4,11-12H2,1-3H3,(H2,23,26). The molecule has 0 aromatic carbocycles. The number of hydrogen-bond acceptors (Lipinski definition) is 7. The fraction of sp³-hybridized carbons (Fsp3) is 0.318. The Kier molecular flexibility index (Phi) is 6.49. The summed E-state index contributed by atoms with van der Waals surface area (Å²) in [5, 5.41) is 0. The van der Waals surface area contributed by atoms with E-state index in [-0.39, 0.29) is 5.97 Å². The second-order valence-electron chi connectivity index (χ2n) is 6.82. The zero-order valence-corrected chi connectivity index (χ0v) is 16.9. The van der Waals surface area contributed by atoms with Crippen molar-refractivity contribution in [1.82, 2.24) is 19.9 Å². The van der Waals surface area contributed by atoms with Gasteiger partial charge in [0.05, 0.1) is 18.2 Å². The molecule has 0 aliphatic carbocycles. The van der Waals surface area contributed by atoms with E-state index in [1.807, 2.05) is 50.2 Å². The molecular formula is C22H25N5O2. The van der Waals surface area contributed by atoms with Crippen molar-refractivity contribution in [2.75, 3.05) is 12.3 Å². The quantitative estimate of drug-likeness (QED) is 0.615. The number of nitrogens with zero attached hydrogens (tertiary/aromatic N) is 4. The molecule has 0 spiro atoms. The molecule has 0 bridgehead atoms. The maximum absolute atomic E-state index is 12.7. The number of nitrogens with two attached hydrogens (primary N) is 1. The van der Waals surface area contributed by atoms with Gasteiger partial charge in [-0.3, -0.25) is 4.79 Å². The van der Waals surface area contributed by atoms with Crippen LogP contribution < -0.4 is 5.73 Å². The van der Waals surface area contributed by atoms with E-state index >= 15 is 0 Å². The molecule has 0 radical (unpaired) electrons. The fourth-order valence-electron chi connectivity index (χ4n) is 3.11. The number of rotatable bonds is 7. The lowest BCUT2D eigenvalue weighted by Crippen LogP contribution is -2.19. The van der Waals surface area contributed by atoms with Crippen molar-refractivity contribution in [3.05, 3.63) is 65.2 Å². The van der Waals surface area contributed by atoms with Gasteiger partial charge < -0.3 is 10.5 Å². The molecule has 7 heteroatoms. The molecule has 1 unspecified atom stereocenters. The van der Waals surface area contributed by atoms with Crippen LogP contribution in [-0.4, -0.2) is 32.5 Å². The molecule has 0 aliphatic heterocycles. The van der Waals surface area contributed by atoms with Gasteiger partial charge in [0.1, 0.15) is 11.5 Å². The highest BCUT2D eigenvalue weighted by molar-refractivity contribution is 5.77. The largest absolute Gasteiger partial charge is 0.465 e. The number of pyridine rings is 2. The number of carbonyl (C=O) groups is 1. The SMILES string of the molecule is CCOC(=O)C(CCc1cccc(N)n1)c1cc(C)nc(-c2cccc(C)n2)n1.